The number of nitrogens with one attached hydrogen (secondary N) is 1. The average Bonchev–Trinajstić information content (AvgIpc) is 3.32. The normalized spacial score (nSPS) is 15.1. The van der Waals surface area contributed by atoms with Crippen LogP contribution in [0.2, 0.25) is 0 Å². The molecule has 1 fully saturated rings. The molecular formula is C32H29N9O. The third-order valence-corrected chi connectivity index (χ3v) is 7.81. The number of nitrogens with zero attached hydrogens (tertiary/aromatic N) is 8. The van der Waals surface area contributed by atoms with E-state index in [4.69, 9.17) is 15.0 Å². The molecule has 0 saturated carbocycles. The maximum Gasteiger partial charge on any atom is 0.234 e. The Kier molecular flexibility index (Phi) is 7.00. The maximum atomic E-state index is 9.05. The molecule has 2 aliphatic heterocycles. The lowest BCUT2D eigenvalue weighted by molar-refractivity contribution is 0.211. The molecule has 0 unspecified atom stereocenters. The summed E-state index contributed by atoms with van der Waals surface area (Å²) in [7, 11) is 0. The van der Waals surface area contributed by atoms with Crippen molar-refractivity contribution in [3.05, 3.63) is 90.8 Å². The Hall–Kier alpha value is -5.14. The van der Waals surface area contributed by atoms with Crippen LogP contribution >= 0.6 is 0 Å². The van der Waals surface area contributed by atoms with Gasteiger partial charge in [-0.15, -0.1) is 0 Å². The van der Waals surface area contributed by atoms with Gasteiger partial charge in [-0.2, -0.15) is 5.26 Å². The number of imidazole rings is 1. The molecule has 10 nitrogen and oxygen atoms in total. The standard InChI is InChI=1S/C32H29N9O/c33-18-28-35-13-10-27(38-28)37-25-11-14-40(15-12-25)20-22-6-8-23(9-7-22)29-30(24-4-2-1-3-5-24)41-16-17-42-32-26(31(41)39-29)19-34-21-36-32/h1-10,13,19,21,25H,11-12,14-17,20H2,(H,35,37,38). The van der Waals surface area contributed by atoms with Gasteiger partial charge in [0, 0.05) is 49.2 Å². The number of rotatable bonds is 6. The van der Waals surface area contributed by atoms with Crippen molar-refractivity contribution in [3.63, 3.8) is 0 Å². The number of anilines is 1. The van der Waals surface area contributed by atoms with Crippen LogP contribution < -0.4 is 10.1 Å². The van der Waals surface area contributed by atoms with Gasteiger partial charge in [-0.05, 0) is 24.5 Å². The summed E-state index contributed by atoms with van der Waals surface area (Å²) in [6.45, 7) is 4.06. The van der Waals surface area contributed by atoms with E-state index in [1.54, 1.807) is 12.4 Å². The predicted octanol–water partition coefficient (Wildman–Crippen LogP) is 4.80. The molecule has 3 aromatic heterocycles. The lowest BCUT2D eigenvalue weighted by Crippen LogP contribution is -2.38. The first-order chi connectivity index (χ1) is 20.7. The van der Waals surface area contributed by atoms with Crippen molar-refractivity contribution in [3.8, 4) is 45.9 Å². The summed E-state index contributed by atoms with van der Waals surface area (Å²) in [6.07, 6.45) is 6.94. The summed E-state index contributed by atoms with van der Waals surface area (Å²) in [5.74, 6) is 2.29. The Morgan fingerprint density at radius 2 is 1.76 bits per heavy atom. The van der Waals surface area contributed by atoms with Crippen molar-refractivity contribution < 1.29 is 4.74 Å². The van der Waals surface area contributed by atoms with Gasteiger partial charge in [0.15, 0.2) is 0 Å². The van der Waals surface area contributed by atoms with Gasteiger partial charge < -0.3 is 14.6 Å². The molecule has 42 heavy (non-hydrogen) atoms. The molecule has 5 heterocycles. The zero-order chi connectivity index (χ0) is 28.3. The Morgan fingerprint density at radius 3 is 2.57 bits per heavy atom. The topological polar surface area (TPSA) is 118 Å². The molecule has 5 aromatic rings. The molecule has 0 atom stereocenters. The molecule has 0 amide bonds. The second-order valence-corrected chi connectivity index (χ2v) is 10.5. The van der Waals surface area contributed by atoms with Crippen LogP contribution in [0, 0.1) is 11.3 Å². The highest BCUT2D eigenvalue weighted by atomic mass is 16.5. The lowest BCUT2D eigenvalue weighted by Gasteiger charge is -2.32. The minimum Gasteiger partial charge on any atom is -0.475 e. The molecule has 1 saturated heterocycles. The summed E-state index contributed by atoms with van der Waals surface area (Å²) in [5.41, 5.74) is 6.27. The number of benzene rings is 2. The van der Waals surface area contributed by atoms with Gasteiger partial charge >= 0.3 is 0 Å². The van der Waals surface area contributed by atoms with Gasteiger partial charge in [0.05, 0.1) is 23.5 Å². The van der Waals surface area contributed by atoms with Crippen LogP contribution in [0.4, 0.5) is 5.82 Å². The number of hydrogen-bond donors (Lipinski definition) is 1. The van der Waals surface area contributed by atoms with E-state index < -0.39 is 0 Å². The lowest BCUT2D eigenvalue weighted by atomic mass is 10.0. The van der Waals surface area contributed by atoms with E-state index in [0.29, 0.717) is 30.9 Å². The van der Waals surface area contributed by atoms with Crippen molar-refractivity contribution >= 4 is 5.82 Å². The molecular weight excluding hydrogens is 526 g/mol. The Morgan fingerprint density at radius 1 is 0.929 bits per heavy atom. The van der Waals surface area contributed by atoms with Crippen LogP contribution in [0.15, 0.2) is 79.4 Å². The molecule has 0 aliphatic carbocycles. The van der Waals surface area contributed by atoms with Gasteiger partial charge in [0.25, 0.3) is 0 Å². The third-order valence-electron chi connectivity index (χ3n) is 7.81. The predicted molar refractivity (Wildman–Crippen MR) is 158 cm³/mol. The SMILES string of the molecule is N#Cc1nccc(NC2CCN(Cc3ccc(-c4nc5n(c4-c4ccccc4)CCOc4ncncc4-5)cc3)CC2)n1. The highest BCUT2D eigenvalue weighted by molar-refractivity contribution is 5.83. The van der Waals surface area contributed by atoms with Gasteiger partial charge in [0.2, 0.25) is 11.7 Å². The highest BCUT2D eigenvalue weighted by Gasteiger charge is 2.26. The molecule has 2 aromatic carbocycles. The molecule has 10 heteroatoms. The van der Waals surface area contributed by atoms with Gasteiger partial charge in [-0.25, -0.2) is 24.9 Å². The van der Waals surface area contributed by atoms with Crippen molar-refractivity contribution in [2.24, 2.45) is 0 Å². The van der Waals surface area contributed by atoms with Crippen molar-refractivity contribution in [1.82, 2.24) is 34.4 Å². The summed E-state index contributed by atoms with van der Waals surface area (Å²) >= 11 is 0. The Balaban J connectivity index is 1.09. The molecule has 1 N–H and O–H groups in total. The third kappa shape index (κ3) is 5.18. The van der Waals surface area contributed by atoms with Gasteiger partial charge in [-0.3, -0.25) is 4.90 Å². The fourth-order valence-corrected chi connectivity index (χ4v) is 5.75. The number of aromatic nitrogens is 6. The van der Waals surface area contributed by atoms with E-state index in [2.05, 4.69) is 83.3 Å². The van der Waals surface area contributed by atoms with Crippen LogP contribution in [0.25, 0.3) is 33.9 Å². The van der Waals surface area contributed by atoms with E-state index >= 15 is 0 Å². The first-order valence-electron chi connectivity index (χ1n) is 14.2. The van der Waals surface area contributed by atoms with Crippen LogP contribution in [-0.2, 0) is 13.1 Å². The first-order valence-corrected chi connectivity index (χ1v) is 14.2. The number of nitriles is 1. The van der Waals surface area contributed by atoms with Crippen molar-refractivity contribution in [2.75, 3.05) is 25.0 Å². The van der Waals surface area contributed by atoms with E-state index in [9.17, 15) is 0 Å². The zero-order valence-corrected chi connectivity index (χ0v) is 23.0. The van der Waals surface area contributed by atoms with E-state index in [1.807, 2.05) is 18.2 Å². The van der Waals surface area contributed by atoms with E-state index in [-0.39, 0.29) is 5.82 Å². The molecule has 0 spiro atoms. The van der Waals surface area contributed by atoms with Gasteiger partial charge in [-0.1, -0.05) is 54.6 Å². The first kappa shape index (κ1) is 25.8. The minimum atomic E-state index is 0.191. The molecule has 2 aliphatic rings. The molecule has 208 valence electrons. The highest BCUT2D eigenvalue weighted by Crippen LogP contribution is 2.39. The van der Waals surface area contributed by atoms with E-state index in [0.717, 1.165) is 66.4 Å². The second kappa shape index (κ2) is 11.4. The van der Waals surface area contributed by atoms with Crippen LogP contribution in [0.1, 0.15) is 24.2 Å². The Labute approximate surface area is 243 Å². The fourth-order valence-electron chi connectivity index (χ4n) is 5.75. The number of piperidine rings is 1. The molecule has 0 bridgehead atoms. The van der Waals surface area contributed by atoms with Crippen LogP contribution in [0.3, 0.4) is 0 Å². The smallest absolute Gasteiger partial charge is 0.234 e. The summed E-state index contributed by atoms with van der Waals surface area (Å²) in [5, 5.41) is 12.5. The second-order valence-electron chi connectivity index (χ2n) is 10.5. The zero-order valence-electron chi connectivity index (χ0n) is 23.0. The molecule has 0 radical (unpaired) electrons. The number of hydrogen-bond acceptors (Lipinski definition) is 9. The Bertz CT molecular complexity index is 1740. The van der Waals surface area contributed by atoms with Crippen LogP contribution in [-0.4, -0.2) is 60.1 Å². The average molecular weight is 556 g/mol. The van der Waals surface area contributed by atoms with Crippen LogP contribution in [0.5, 0.6) is 5.88 Å². The van der Waals surface area contributed by atoms with Crippen molar-refractivity contribution in [2.45, 2.75) is 32.0 Å². The largest absolute Gasteiger partial charge is 0.475 e. The number of ether oxygens (including phenoxy) is 1. The monoisotopic (exact) mass is 555 g/mol. The molecule has 7 rings (SSSR count). The maximum absolute atomic E-state index is 9.05. The number of fused-ring (bicyclic) bond motifs is 3. The summed E-state index contributed by atoms with van der Waals surface area (Å²) in [4.78, 5) is 24.4. The van der Waals surface area contributed by atoms with Crippen molar-refractivity contribution in [1.29, 1.82) is 5.26 Å². The minimum absolute atomic E-state index is 0.191. The number of likely N-dealkylation sites (tertiary alicyclic amines) is 1. The van der Waals surface area contributed by atoms with Gasteiger partial charge in [0.1, 0.15) is 30.6 Å². The summed E-state index contributed by atoms with van der Waals surface area (Å²) in [6, 6.07) is 23.3. The fraction of sp³-hybridized carbons (Fsp3) is 0.250. The van der Waals surface area contributed by atoms with E-state index in [1.165, 1.54) is 11.9 Å². The summed E-state index contributed by atoms with van der Waals surface area (Å²) < 4.78 is 8.15. The quantitative estimate of drug-likeness (QED) is 0.315.